The Morgan fingerprint density at radius 1 is 1.48 bits per heavy atom. The summed E-state index contributed by atoms with van der Waals surface area (Å²) in [7, 11) is 0. The number of thiophene rings is 1. The summed E-state index contributed by atoms with van der Waals surface area (Å²) in [6.07, 6.45) is 2.82. The molecule has 27 heavy (non-hydrogen) atoms. The first-order valence-electron chi connectivity index (χ1n) is 9.47. The number of rotatable bonds is 7. The lowest BCUT2D eigenvalue weighted by molar-refractivity contribution is -0.119. The molecule has 0 saturated carbocycles. The fourth-order valence-corrected chi connectivity index (χ4v) is 5.39. The highest BCUT2D eigenvalue weighted by molar-refractivity contribution is 7.99. The number of nitrogens with zero attached hydrogens (tertiary/aromatic N) is 2. The minimum atomic E-state index is -0.0513. The third kappa shape index (κ3) is 4.55. The van der Waals surface area contributed by atoms with E-state index in [2.05, 4.69) is 12.2 Å². The first kappa shape index (κ1) is 20.4. The van der Waals surface area contributed by atoms with E-state index in [1.54, 1.807) is 15.9 Å². The number of amides is 1. The minimum absolute atomic E-state index is 0.0107. The highest BCUT2D eigenvalue weighted by Gasteiger charge is 2.23. The SMILES string of the molecule is CCc1c(C)sc2nc(SCC(=O)NC(C)C)n(C[C@@H]3CCCO3)c(=O)c12. The van der Waals surface area contributed by atoms with Crippen molar-refractivity contribution >= 4 is 39.2 Å². The Labute approximate surface area is 167 Å². The van der Waals surface area contributed by atoms with Crippen LogP contribution in [0.2, 0.25) is 0 Å². The first-order valence-corrected chi connectivity index (χ1v) is 11.3. The van der Waals surface area contributed by atoms with Crippen LogP contribution in [-0.2, 0) is 22.5 Å². The molecule has 1 aliphatic heterocycles. The molecule has 0 spiro atoms. The van der Waals surface area contributed by atoms with Crippen molar-refractivity contribution in [3.05, 3.63) is 20.8 Å². The van der Waals surface area contributed by atoms with Crippen molar-refractivity contribution in [3.63, 3.8) is 0 Å². The van der Waals surface area contributed by atoms with Gasteiger partial charge in [-0.25, -0.2) is 4.98 Å². The quantitative estimate of drug-likeness (QED) is 0.562. The highest BCUT2D eigenvalue weighted by atomic mass is 32.2. The zero-order valence-corrected chi connectivity index (χ0v) is 18.0. The van der Waals surface area contributed by atoms with E-state index in [-0.39, 0.29) is 29.4 Å². The Morgan fingerprint density at radius 2 is 2.26 bits per heavy atom. The monoisotopic (exact) mass is 409 g/mol. The molecule has 1 aliphatic rings. The molecule has 2 aromatic heterocycles. The Morgan fingerprint density at radius 3 is 2.89 bits per heavy atom. The minimum Gasteiger partial charge on any atom is -0.376 e. The summed E-state index contributed by atoms with van der Waals surface area (Å²) in [6, 6.07) is 0.0923. The standard InChI is InChI=1S/C19H27N3O3S2/c1-5-14-12(4)27-17-16(14)18(24)22(9-13-7-6-8-25-13)19(21-17)26-10-15(23)20-11(2)3/h11,13H,5-10H2,1-4H3,(H,20,23)/t13-/m0/s1. The van der Waals surface area contributed by atoms with Crippen molar-refractivity contribution in [3.8, 4) is 0 Å². The van der Waals surface area contributed by atoms with Crippen LogP contribution in [0, 0.1) is 6.92 Å². The fourth-order valence-electron chi connectivity index (χ4n) is 3.41. The van der Waals surface area contributed by atoms with Gasteiger partial charge >= 0.3 is 0 Å². The number of aromatic nitrogens is 2. The Balaban J connectivity index is 1.98. The largest absolute Gasteiger partial charge is 0.376 e. The summed E-state index contributed by atoms with van der Waals surface area (Å²) < 4.78 is 7.46. The topological polar surface area (TPSA) is 73.2 Å². The van der Waals surface area contributed by atoms with Gasteiger partial charge in [0.15, 0.2) is 5.16 Å². The van der Waals surface area contributed by atoms with Crippen LogP contribution in [0.4, 0.5) is 0 Å². The average Bonchev–Trinajstić information content (AvgIpc) is 3.22. The summed E-state index contributed by atoms with van der Waals surface area (Å²) in [4.78, 5) is 32.1. The smallest absolute Gasteiger partial charge is 0.263 e. The Hall–Kier alpha value is -1.38. The van der Waals surface area contributed by atoms with E-state index in [0.717, 1.165) is 46.5 Å². The predicted molar refractivity (Wildman–Crippen MR) is 111 cm³/mol. The number of ether oxygens (including phenoxy) is 1. The van der Waals surface area contributed by atoms with Gasteiger partial charge in [-0.15, -0.1) is 11.3 Å². The van der Waals surface area contributed by atoms with Gasteiger partial charge in [-0.2, -0.15) is 0 Å². The van der Waals surface area contributed by atoms with Gasteiger partial charge in [0, 0.05) is 17.5 Å². The normalized spacial score (nSPS) is 17.1. The fraction of sp³-hybridized carbons (Fsp3) is 0.632. The van der Waals surface area contributed by atoms with Gasteiger partial charge in [-0.3, -0.25) is 14.2 Å². The molecule has 0 aromatic carbocycles. The van der Waals surface area contributed by atoms with Crippen LogP contribution in [0.25, 0.3) is 10.2 Å². The maximum atomic E-state index is 13.3. The summed E-state index contributed by atoms with van der Waals surface area (Å²) in [6.45, 7) is 9.21. The second kappa shape index (κ2) is 8.75. The van der Waals surface area contributed by atoms with Gasteiger partial charge in [0.2, 0.25) is 5.91 Å². The highest BCUT2D eigenvalue weighted by Crippen LogP contribution is 2.30. The van der Waals surface area contributed by atoms with Crippen molar-refractivity contribution in [2.24, 2.45) is 0 Å². The number of fused-ring (bicyclic) bond motifs is 1. The van der Waals surface area contributed by atoms with Crippen LogP contribution in [0.5, 0.6) is 0 Å². The van der Waals surface area contributed by atoms with Gasteiger partial charge in [-0.1, -0.05) is 18.7 Å². The molecule has 0 unspecified atom stereocenters. The summed E-state index contributed by atoms with van der Waals surface area (Å²) in [5.74, 6) is 0.191. The van der Waals surface area contributed by atoms with Crippen LogP contribution in [0.3, 0.4) is 0 Å². The van der Waals surface area contributed by atoms with Crippen molar-refractivity contribution in [1.82, 2.24) is 14.9 Å². The molecule has 1 amide bonds. The zero-order chi connectivity index (χ0) is 19.6. The van der Waals surface area contributed by atoms with E-state index in [9.17, 15) is 9.59 Å². The molecular formula is C19H27N3O3S2. The summed E-state index contributed by atoms with van der Waals surface area (Å²) in [5.41, 5.74) is 1.08. The van der Waals surface area contributed by atoms with Crippen LogP contribution in [0.15, 0.2) is 9.95 Å². The van der Waals surface area contributed by atoms with Gasteiger partial charge in [0.05, 0.1) is 23.8 Å². The number of carbonyl (C=O) groups is 1. The van der Waals surface area contributed by atoms with Gasteiger partial charge in [0.25, 0.3) is 5.56 Å². The van der Waals surface area contributed by atoms with Crippen molar-refractivity contribution < 1.29 is 9.53 Å². The summed E-state index contributed by atoms with van der Waals surface area (Å²) in [5, 5.41) is 4.22. The lowest BCUT2D eigenvalue weighted by Crippen LogP contribution is -2.32. The van der Waals surface area contributed by atoms with Gasteiger partial charge < -0.3 is 10.1 Å². The van der Waals surface area contributed by atoms with E-state index in [0.29, 0.717) is 11.7 Å². The molecule has 3 rings (SSSR count). The lowest BCUT2D eigenvalue weighted by Gasteiger charge is -2.16. The third-order valence-electron chi connectivity index (χ3n) is 4.62. The second-order valence-electron chi connectivity index (χ2n) is 7.13. The van der Waals surface area contributed by atoms with E-state index >= 15 is 0 Å². The molecule has 0 aliphatic carbocycles. The van der Waals surface area contributed by atoms with Crippen molar-refractivity contribution in [2.45, 2.75) is 70.8 Å². The maximum Gasteiger partial charge on any atom is 0.263 e. The molecule has 1 N–H and O–H groups in total. The molecule has 0 bridgehead atoms. The number of nitrogens with one attached hydrogen (secondary N) is 1. The van der Waals surface area contributed by atoms with E-state index in [1.165, 1.54) is 11.8 Å². The van der Waals surface area contributed by atoms with E-state index < -0.39 is 0 Å². The molecule has 1 saturated heterocycles. The Bertz CT molecular complexity index is 882. The molecule has 1 atom stereocenters. The molecule has 3 heterocycles. The third-order valence-corrected chi connectivity index (χ3v) is 6.64. The summed E-state index contributed by atoms with van der Waals surface area (Å²) >= 11 is 2.88. The molecule has 148 valence electrons. The number of aryl methyl sites for hydroxylation is 2. The van der Waals surface area contributed by atoms with Crippen molar-refractivity contribution in [1.29, 1.82) is 0 Å². The number of hydrogen-bond acceptors (Lipinski definition) is 6. The maximum absolute atomic E-state index is 13.3. The molecule has 2 aromatic rings. The number of hydrogen-bond donors (Lipinski definition) is 1. The van der Waals surface area contributed by atoms with Crippen LogP contribution < -0.4 is 10.9 Å². The van der Waals surface area contributed by atoms with Crippen LogP contribution >= 0.6 is 23.1 Å². The second-order valence-corrected chi connectivity index (χ2v) is 9.27. The van der Waals surface area contributed by atoms with E-state index in [1.807, 2.05) is 20.8 Å². The number of carbonyl (C=O) groups excluding carboxylic acids is 1. The zero-order valence-electron chi connectivity index (χ0n) is 16.3. The predicted octanol–water partition coefficient (Wildman–Crippen LogP) is 3.12. The molecular weight excluding hydrogens is 382 g/mol. The van der Waals surface area contributed by atoms with Gasteiger partial charge in [-0.05, 0) is 45.6 Å². The molecule has 8 heteroatoms. The van der Waals surface area contributed by atoms with Crippen LogP contribution in [-0.4, -0.2) is 40.0 Å². The molecule has 6 nitrogen and oxygen atoms in total. The Kier molecular flexibility index (Phi) is 6.60. The lowest BCUT2D eigenvalue weighted by atomic mass is 10.1. The average molecular weight is 410 g/mol. The van der Waals surface area contributed by atoms with Gasteiger partial charge in [0.1, 0.15) is 4.83 Å². The van der Waals surface area contributed by atoms with E-state index in [4.69, 9.17) is 9.72 Å². The first-order chi connectivity index (χ1) is 12.9. The van der Waals surface area contributed by atoms with Crippen LogP contribution in [0.1, 0.15) is 44.1 Å². The molecule has 0 radical (unpaired) electrons. The molecule has 1 fully saturated rings. The van der Waals surface area contributed by atoms with Crippen molar-refractivity contribution in [2.75, 3.05) is 12.4 Å². The number of thioether (sulfide) groups is 1.